The number of nitrogens with zero attached hydrogens (tertiary/aromatic N) is 1. The lowest BCUT2D eigenvalue weighted by molar-refractivity contribution is -0.918. The van der Waals surface area contributed by atoms with Crippen molar-refractivity contribution in [3.05, 3.63) is 64.2 Å². The molecule has 0 unspecified atom stereocenters. The highest BCUT2D eigenvalue weighted by Gasteiger charge is 2.26. The zero-order valence-electron chi connectivity index (χ0n) is 17.3. The number of benzene rings is 2. The number of rotatable bonds is 6. The largest absolute Gasteiger partial charge is 0.348 e. The SMILES string of the molecule is O=C(NCc1ccccc1C[NH+]1CCCCC1)c1ccc(Cl)cc1N1CCCC1=O. The van der Waals surface area contributed by atoms with Gasteiger partial charge in [-0.2, -0.15) is 0 Å². The topological polar surface area (TPSA) is 53.9 Å². The van der Waals surface area contributed by atoms with Crippen LogP contribution in [-0.4, -0.2) is 31.4 Å². The van der Waals surface area contributed by atoms with Crippen LogP contribution in [0.4, 0.5) is 5.69 Å². The van der Waals surface area contributed by atoms with Crippen molar-refractivity contribution >= 4 is 29.1 Å². The number of halogens is 1. The van der Waals surface area contributed by atoms with Gasteiger partial charge in [0, 0.05) is 30.1 Å². The smallest absolute Gasteiger partial charge is 0.253 e. The monoisotopic (exact) mass is 426 g/mol. The third-order valence-corrected chi connectivity index (χ3v) is 6.36. The molecule has 2 aliphatic rings. The Morgan fingerprint density at radius 3 is 2.53 bits per heavy atom. The lowest BCUT2D eigenvalue weighted by Crippen LogP contribution is -3.11. The third-order valence-electron chi connectivity index (χ3n) is 6.13. The molecule has 0 spiro atoms. The molecule has 0 aliphatic carbocycles. The number of hydrogen-bond donors (Lipinski definition) is 2. The third kappa shape index (κ3) is 4.85. The normalized spacial score (nSPS) is 17.4. The average molecular weight is 427 g/mol. The van der Waals surface area contributed by atoms with E-state index in [0.717, 1.165) is 18.5 Å². The predicted molar refractivity (Wildman–Crippen MR) is 119 cm³/mol. The molecule has 2 N–H and O–H groups in total. The van der Waals surface area contributed by atoms with Crippen LogP contribution in [0.2, 0.25) is 5.02 Å². The molecule has 30 heavy (non-hydrogen) atoms. The molecule has 2 heterocycles. The Balaban J connectivity index is 1.47. The van der Waals surface area contributed by atoms with Crippen molar-refractivity contribution in [2.75, 3.05) is 24.5 Å². The molecule has 6 heteroatoms. The van der Waals surface area contributed by atoms with E-state index in [1.807, 2.05) is 6.07 Å². The molecule has 2 saturated heterocycles. The predicted octanol–water partition coefficient (Wildman–Crippen LogP) is 2.97. The maximum absolute atomic E-state index is 13.0. The molecular formula is C24H29ClN3O2+. The number of carbonyl (C=O) groups is 2. The van der Waals surface area contributed by atoms with E-state index in [0.29, 0.717) is 35.8 Å². The molecule has 0 atom stereocenters. The molecule has 0 radical (unpaired) electrons. The Morgan fingerprint density at radius 1 is 1.03 bits per heavy atom. The molecular weight excluding hydrogens is 398 g/mol. The molecule has 5 nitrogen and oxygen atoms in total. The fourth-order valence-electron chi connectivity index (χ4n) is 4.49. The highest BCUT2D eigenvalue weighted by atomic mass is 35.5. The van der Waals surface area contributed by atoms with E-state index in [-0.39, 0.29) is 11.8 Å². The summed E-state index contributed by atoms with van der Waals surface area (Å²) in [6, 6.07) is 13.5. The number of piperidine rings is 1. The minimum absolute atomic E-state index is 0.0427. The van der Waals surface area contributed by atoms with Crippen LogP contribution in [0.15, 0.2) is 42.5 Å². The minimum Gasteiger partial charge on any atom is -0.348 e. The van der Waals surface area contributed by atoms with Gasteiger partial charge in [0.15, 0.2) is 0 Å². The van der Waals surface area contributed by atoms with Gasteiger partial charge in [-0.3, -0.25) is 9.59 Å². The minimum atomic E-state index is -0.179. The van der Waals surface area contributed by atoms with Gasteiger partial charge in [0.05, 0.1) is 24.3 Å². The van der Waals surface area contributed by atoms with E-state index in [1.165, 1.54) is 37.9 Å². The lowest BCUT2D eigenvalue weighted by atomic mass is 10.0. The molecule has 2 amide bonds. The van der Waals surface area contributed by atoms with Crippen molar-refractivity contribution in [3.63, 3.8) is 0 Å². The zero-order valence-corrected chi connectivity index (χ0v) is 18.0. The van der Waals surface area contributed by atoms with Crippen LogP contribution in [0.3, 0.4) is 0 Å². The van der Waals surface area contributed by atoms with Gasteiger partial charge in [0.1, 0.15) is 6.54 Å². The summed E-state index contributed by atoms with van der Waals surface area (Å²) in [5.74, 6) is -0.136. The summed E-state index contributed by atoms with van der Waals surface area (Å²) >= 11 is 6.16. The molecule has 2 aromatic rings. The van der Waals surface area contributed by atoms with Gasteiger partial charge in [0.2, 0.25) is 5.91 Å². The number of likely N-dealkylation sites (tertiary alicyclic amines) is 1. The Hall–Kier alpha value is -2.37. The molecule has 2 aromatic carbocycles. The first kappa shape index (κ1) is 20.9. The van der Waals surface area contributed by atoms with Crippen LogP contribution in [0.25, 0.3) is 0 Å². The van der Waals surface area contributed by atoms with Crippen molar-refractivity contribution < 1.29 is 14.5 Å². The molecule has 0 aromatic heterocycles. The van der Waals surface area contributed by atoms with E-state index < -0.39 is 0 Å². The van der Waals surface area contributed by atoms with Crippen LogP contribution >= 0.6 is 11.6 Å². The van der Waals surface area contributed by atoms with Crippen molar-refractivity contribution in [1.29, 1.82) is 0 Å². The number of carbonyl (C=O) groups excluding carboxylic acids is 2. The first-order chi connectivity index (χ1) is 14.6. The van der Waals surface area contributed by atoms with Crippen LogP contribution in [0.1, 0.15) is 53.6 Å². The molecule has 158 valence electrons. The van der Waals surface area contributed by atoms with E-state index >= 15 is 0 Å². The van der Waals surface area contributed by atoms with E-state index in [2.05, 4.69) is 23.5 Å². The number of hydrogen-bond acceptors (Lipinski definition) is 2. The van der Waals surface area contributed by atoms with Gasteiger partial charge < -0.3 is 15.1 Å². The summed E-state index contributed by atoms with van der Waals surface area (Å²) in [5.41, 5.74) is 3.54. The highest BCUT2D eigenvalue weighted by molar-refractivity contribution is 6.31. The summed E-state index contributed by atoms with van der Waals surface area (Å²) in [5, 5.41) is 3.59. The van der Waals surface area contributed by atoms with Crippen molar-refractivity contribution in [2.45, 2.75) is 45.2 Å². The summed E-state index contributed by atoms with van der Waals surface area (Å²) in [4.78, 5) is 28.5. The molecule has 2 fully saturated rings. The summed E-state index contributed by atoms with van der Waals surface area (Å²) < 4.78 is 0. The molecule has 4 rings (SSSR count). The Kier molecular flexibility index (Phi) is 6.70. The second-order valence-corrected chi connectivity index (χ2v) is 8.69. The maximum Gasteiger partial charge on any atom is 0.253 e. The number of quaternary nitrogens is 1. The highest BCUT2D eigenvalue weighted by Crippen LogP contribution is 2.28. The molecule has 2 aliphatic heterocycles. The fourth-order valence-corrected chi connectivity index (χ4v) is 4.66. The number of nitrogens with one attached hydrogen (secondary N) is 2. The Morgan fingerprint density at radius 2 is 1.80 bits per heavy atom. The number of anilines is 1. The summed E-state index contributed by atoms with van der Waals surface area (Å²) in [6.45, 7) is 4.54. The van der Waals surface area contributed by atoms with E-state index in [9.17, 15) is 9.59 Å². The zero-order chi connectivity index (χ0) is 20.9. The maximum atomic E-state index is 13.0. The summed E-state index contributed by atoms with van der Waals surface area (Å²) in [7, 11) is 0. The summed E-state index contributed by atoms with van der Waals surface area (Å²) in [6.07, 6.45) is 5.24. The van der Waals surface area contributed by atoms with Gasteiger partial charge in [-0.1, -0.05) is 35.9 Å². The molecule has 0 saturated carbocycles. The first-order valence-corrected chi connectivity index (χ1v) is 11.3. The standard InChI is InChI=1S/C24H28ClN3O2/c25-20-10-11-21(22(15-20)28-14-6-9-23(28)29)24(30)26-16-18-7-2-3-8-19(18)17-27-12-4-1-5-13-27/h2-3,7-8,10-11,15H,1,4-6,9,12-14,16-17H2,(H,26,30)/p+1. The lowest BCUT2D eigenvalue weighted by Gasteiger charge is -2.24. The van der Waals surface area contributed by atoms with Crippen molar-refractivity contribution in [3.8, 4) is 0 Å². The Labute approximate surface area is 183 Å². The van der Waals surface area contributed by atoms with Crippen LogP contribution in [0.5, 0.6) is 0 Å². The van der Waals surface area contributed by atoms with Crippen molar-refractivity contribution in [1.82, 2.24) is 5.32 Å². The van der Waals surface area contributed by atoms with Crippen LogP contribution in [0, 0.1) is 0 Å². The van der Waals surface area contributed by atoms with Crippen molar-refractivity contribution in [2.24, 2.45) is 0 Å². The van der Waals surface area contributed by atoms with E-state index in [1.54, 1.807) is 28.0 Å². The van der Waals surface area contributed by atoms with Gasteiger partial charge in [-0.05, 0) is 49.4 Å². The average Bonchev–Trinajstić information content (AvgIpc) is 3.19. The van der Waals surface area contributed by atoms with Crippen LogP contribution in [-0.2, 0) is 17.9 Å². The van der Waals surface area contributed by atoms with Gasteiger partial charge >= 0.3 is 0 Å². The van der Waals surface area contributed by atoms with E-state index in [4.69, 9.17) is 11.6 Å². The first-order valence-electron chi connectivity index (χ1n) is 10.9. The van der Waals surface area contributed by atoms with Gasteiger partial charge in [-0.25, -0.2) is 0 Å². The number of amides is 2. The quantitative estimate of drug-likeness (QED) is 0.746. The second kappa shape index (κ2) is 9.63. The fraction of sp³-hybridized carbons (Fsp3) is 0.417. The molecule has 0 bridgehead atoms. The Bertz CT molecular complexity index is 924. The van der Waals surface area contributed by atoms with Crippen LogP contribution < -0.4 is 15.1 Å². The van der Waals surface area contributed by atoms with Gasteiger partial charge in [0.25, 0.3) is 5.91 Å². The second-order valence-electron chi connectivity index (χ2n) is 8.25. The van der Waals surface area contributed by atoms with Gasteiger partial charge in [-0.15, -0.1) is 0 Å².